The van der Waals surface area contributed by atoms with Gasteiger partial charge in [-0.05, 0) is 61.5 Å². The van der Waals surface area contributed by atoms with Crippen LogP contribution in [0.5, 0.6) is 0 Å². The smallest absolute Gasteiger partial charge is 0.123 e. The van der Waals surface area contributed by atoms with Crippen molar-refractivity contribution >= 4 is 0 Å². The van der Waals surface area contributed by atoms with Crippen molar-refractivity contribution in [3.8, 4) is 0 Å². The summed E-state index contributed by atoms with van der Waals surface area (Å²) in [6.45, 7) is 10.7. The van der Waals surface area contributed by atoms with Gasteiger partial charge in [-0.25, -0.2) is 4.39 Å². The van der Waals surface area contributed by atoms with Gasteiger partial charge in [0.15, 0.2) is 0 Å². The third-order valence-electron chi connectivity index (χ3n) is 3.21. The van der Waals surface area contributed by atoms with E-state index in [0.29, 0.717) is 0 Å². The molecule has 2 heteroatoms. The fourth-order valence-electron chi connectivity index (χ4n) is 2.04. The number of aryl methyl sites for hydroxylation is 1. The van der Waals surface area contributed by atoms with E-state index in [1.54, 1.807) is 6.07 Å². The average Bonchev–Trinajstić information content (AvgIpc) is 2.23. The molecule has 1 N–H and O–H groups in total. The normalized spacial score (nSPS) is 11.8. The second-order valence-corrected chi connectivity index (χ2v) is 5.52. The Morgan fingerprint density at radius 2 is 2.00 bits per heavy atom. The summed E-state index contributed by atoms with van der Waals surface area (Å²) >= 11 is 0. The molecule has 0 saturated carbocycles. The van der Waals surface area contributed by atoms with Crippen molar-refractivity contribution in [1.82, 2.24) is 5.32 Å². The maximum Gasteiger partial charge on any atom is 0.123 e. The minimum Gasteiger partial charge on any atom is -0.317 e. The highest BCUT2D eigenvalue weighted by molar-refractivity contribution is 5.27. The van der Waals surface area contributed by atoms with Gasteiger partial charge in [-0.2, -0.15) is 0 Å². The van der Waals surface area contributed by atoms with Crippen LogP contribution >= 0.6 is 0 Å². The molecular weight excluding hydrogens is 213 g/mol. The number of halogens is 1. The topological polar surface area (TPSA) is 12.0 Å². The van der Waals surface area contributed by atoms with Crippen molar-refractivity contribution < 1.29 is 4.39 Å². The summed E-state index contributed by atoms with van der Waals surface area (Å²) in [5.74, 6) is -0.131. The Hall–Kier alpha value is -0.890. The second-order valence-electron chi connectivity index (χ2n) is 5.52. The average molecular weight is 237 g/mol. The number of rotatable bonds is 6. The van der Waals surface area contributed by atoms with E-state index in [4.69, 9.17) is 0 Å². The Kier molecular flexibility index (Phi) is 5.13. The van der Waals surface area contributed by atoms with Crippen LogP contribution in [0.2, 0.25) is 0 Å². The van der Waals surface area contributed by atoms with E-state index < -0.39 is 0 Å². The Labute approximate surface area is 104 Å². The van der Waals surface area contributed by atoms with Crippen LogP contribution in [0.25, 0.3) is 0 Å². The van der Waals surface area contributed by atoms with E-state index in [2.05, 4.69) is 33.0 Å². The summed E-state index contributed by atoms with van der Waals surface area (Å²) in [5.41, 5.74) is 2.52. The summed E-state index contributed by atoms with van der Waals surface area (Å²) in [6, 6.07) is 5.07. The quantitative estimate of drug-likeness (QED) is 0.744. The second kappa shape index (κ2) is 6.15. The van der Waals surface area contributed by atoms with Gasteiger partial charge in [0, 0.05) is 0 Å². The molecule has 17 heavy (non-hydrogen) atoms. The van der Waals surface area contributed by atoms with E-state index in [1.807, 2.05) is 6.07 Å². The van der Waals surface area contributed by atoms with Crippen LogP contribution in [0.15, 0.2) is 18.2 Å². The molecule has 1 nitrogen and oxygen atoms in total. The fourth-order valence-corrected chi connectivity index (χ4v) is 2.04. The molecule has 0 aliphatic heterocycles. The van der Waals surface area contributed by atoms with Gasteiger partial charge in [-0.15, -0.1) is 0 Å². The summed E-state index contributed by atoms with van der Waals surface area (Å²) in [4.78, 5) is 0. The van der Waals surface area contributed by atoms with E-state index in [9.17, 15) is 4.39 Å². The van der Waals surface area contributed by atoms with E-state index in [-0.39, 0.29) is 11.2 Å². The lowest BCUT2D eigenvalue weighted by Gasteiger charge is -2.25. The molecule has 1 aromatic rings. The Bertz CT molecular complexity index is 358. The predicted molar refractivity (Wildman–Crippen MR) is 71.8 cm³/mol. The predicted octanol–water partition coefficient (Wildman–Crippen LogP) is 3.70. The van der Waals surface area contributed by atoms with Crippen LogP contribution in [0.3, 0.4) is 0 Å². The zero-order chi connectivity index (χ0) is 12.9. The van der Waals surface area contributed by atoms with Crippen molar-refractivity contribution in [3.05, 3.63) is 35.1 Å². The van der Waals surface area contributed by atoms with Gasteiger partial charge in [0.2, 0.25) is 0 Å². The molecule has 0 radical (unpaired) electrons. The van der Waals surface area contributed by atoms with Gasteiger partial charge in [-0.1, -0.05) is 26.8 Å². The maximum absolute atomic E-state index is 13.2. The first-order chi connectivity index (χ1) is 7.94. The zero-order valence-electron chi connectivity index (χ0n) is 11.4. The van der Waals surface area contributed by atoms with Crippen LogP contribution in [0.4, 0.5) is 4.39 Å². The van der Waals surface area contributed by atoms with Crippen molar-refractivity contribution in [3.63, 3.8) is 0 Å². The lowest BCUT2D eigenvalue weighted by atomic mass is 9.81. The molecule has 0 amide bonds. The molecule has 0 aromatic heterocycles. The lowest BCUT2D eigenvalue weighted by molar-refractivity contribution is 0.326. The molecule has 0 fully saturated rings. The zero-order valence-corrected chi connectivity index (χ0v) is 11.4. The third-order valence-corrected chi connectivity index (χ3v) is 3.21. The van der Waals surface area contributed by atoms with Crippen LogP contribution in [-0.2, 0) is 6.42 Å². The number of hydrogen-bond acceptors (Lipinski definition) is 1. The summed E-state index contributed by atoms with van der Waals surface area (Å²) in [5, 5.41) is 3.34. The van der Waals surface area contributed by atoms with E-state index in [0.717, 1.165) is 31.5 Å². The largest absolute Gasteiger partial charge is 0.317 e. The Morgan fingerprint density at radius 3 is 2.65 bits per heavy atom. The number of hydrogen-bond donors (Lipinski definition) is 1. The minimum atomic E-state index is -0.131. The summed E-state index contributed by atoms with van der Waals surface area (Å²) in [7, 11) is 0. The Morgan fingerprint density at radius 1 is 1.29 bits per heavy atom. The van der Waals surface area contributed by atoms with Crippen molar-refractivity contribution in [1.29, 1.82) is 0 Å². The molecule has 0 spiro atoms. The molecule has 0 aliphatic rings. The highest BCUT2D eigenvalue weighted by Crippen LogP contribution is 2.27. The van der Waals surface area contributed by atoms with Crippen molar-refractivity contribution in [2.45, 2.75) is 40.5 Å². The lowest BCUT2D eigenvalue weighted by Crippen LogP contribution is -2.24. The standard InChI is InChI=1S/C15H24FN/c1-5-17-9-8-15(3,4)11-13-10-14(16)7-6-12(13)2/h6-7,10,17H,5,8-9,11H2,1-4H3. The van der Waals surface area contributed by atoms with Gasteiger partial charge in [-0.3, -0.25) is 0 Å². The molecule has 0 aliphatic carbocycles. The van der Waals surface area contributed by atoms with E-state index >= 15 is 0 Å². The van der Waals surface area contributed by atoms with Crippen LogP contribution < -0.4 is 5.32 Å². The van der Waals surface area contributed by atoms with Crippen LogP contribution in [0, 0.1) is 18.2 Å². The van der Waals surface area contributed by atoms with Crippen molar-refractivity contribution in [2.75, 3.05) is 13.1 Å². The first kappa shape index (κ1) is 14.2. The maximum atomic E-state index is 13.2. The molecule has 1 aromatic carbocycles. The van der Waals surface area contributed by atoms with Crippen molar-refractivity contribution in [2.24, 2.45) is 5.41 Å². The molecule has 0 unspecified atom stereocenters. The highest BCUT2D eigenvalue weighted by Gasteiger charge is 2.19. The molecule has 0 heterocycles. The minimum absolute atomic E-state index is 0.131. The van der Waals surface area contributed by atoms with Gasteiger partial charge in [0.05, 0.1) is 0 Å². The number of nitrogens with one attached hydrogen (secondary N) is 1. The Balaban J connectivity index is 2.65. The first-order valence-corrected chi connectivity index (χ1v) is 6.40. The van der Waals surface area contributed by atoms with Gasteiger partial charge < -0.3 is 5.32 Å². The number of benzene rings is 1. The van der Waals surface area contributed by atoms with Gasteiger partial charge in [0.25, 0.3) is 0 Å². The first-order valence-electron chi connectivity index (χ1n) is 6.40. The molecule has 1 rings (SSSR count). The van der Waals surface area contributed by atoms with Gasteiger partial charge in [0.1, 0.15) is 5.82 Å². The SMILES string of the molecule is CCNCCC(C)(C)Cc1cc(F)ccc1C. The molecule has 0 bridgehead atoms. The molecular formula is C15H24FN. The van der Waals surface area contributed by atoms with Crippen LogP contribution in [0.1, 0.15) is 38.3 Å². The highest BCUT2D eigenvalue weighted by atomic mass is 19.1. The fraction of sp³-hybridized carbons (Fsp3) is 0.600. The molecule has 96 valence electrons. The van der Waals surface area contributed by atoms with E-state index in [1.165, 1.54) is 11.6 Å². The summed E-state index contributed by atoms with van der Waals surface area (Å²) < 4.78 is 13.2. The van der Waals surface area contributed by atoms with Crippen LogP contribution in [-0.4, -0.2) is 13.1 Å². The molecule has 0 saturated heterocycles. The summed E-state index contributed by atoms with van der Waals surface area (Å²) in [6.07, 6.45) is 2.04. The van der Waals surface area contributed by atoms with Gasteiger partial charge >= 0.3 is 0 Å². The third kappa shape index (κ3) is 4.86. The monoisotopic (exact) mass is 237 g/mol. The molecule has 0 atom stereocenters.